The number of nitrogens with two attached hydrogens (primary N) is 4. The summed E-state index contributed by atoms with van der Waals surface area (Å²) in [6, 6.07) is 9.82. The number of nitrogens with one attached hydrogen (secondary N) is 4. The first-order valence-electron chi connectivity index (χ1n) is 10.1. The number of ether oxygens (including phenoxy) is 2. The fourth-order valence-corrected chi connectivity index (χ4v) is 3.70. The topological polar surface area (TPSA) is 218 Å². The third kappa shape index (κ3) is 5.15. The summed E-state index contributed by atoms with van der Waals surface area (Å²) < 4.78 is 12.3. The van der Waals surface area contributed by atoms with Crippen LogP contribution in [0, 0.1) is 21.6 Å². The summed E-state index contributed by atoms with van der Waals surface area (Å²) in [6.07, 6.45) is 2.78. The van der Waals surface area contributed by atoms with Gasteiger partial charge in [-0.25, -0.2) is 0 Å². The molecule has 0 amide bonds. The summed E-state index contributed by atoms with van der Waals surface area (Å²) in [5, 5.41) is 30.8. The summed E-state index contributed by atoms with van der Waals surface area (Å²) in [5.41, 5.74) is 24.2. The van der Waals surface area contributed by atoms with Crippen molar-refractivity contribution in [3.8, 4) is 11.5 Å². The second kappa shape index (κ2) is 9.38. The minimum absolute atomic E-state index is 0.109. The molecule has 0 aliphatic heterocycles. The molecule has 2 atom stereocenters. The van der Waals surface area contributed by atoms with Gasteiger partial charge < -0.3 is 32.4 Å². The van der Waals surface area contributed by atoms with Crippen LogP contribution in [0.2, 0.25) is 0 Å². The number of rotatable bonds is 8. The molecular weight excluding hydrogens is 408 g/mol. The monoisotopic (exact) mass is 436 g/mol. The van der Waals surface area contributed by atoms with Crippen molar-refractivity contribution in [3.63, 3.8) is 0 Å². The molecule has 0 aromatic heterocycles. The van der Waals surface area contributed by atoms with E-state index in [9.17, 15) is 0 Å². The first-order valence-corrected chi connectivity index (χ1v) is 10.1. The standard InChI is InChI=1S/C22H28N8O2/c23-19(24)11-4-6-17(15(8-11)21(27)28)31-13-2-1-3-14(10-13)32-18-7-5-12(20(25)26)9-16(18)22(29)30/h4-9,13-14H,1-3,10H2,(H3,23,24)(H3,25,26)(H3,27,28)(H3,29,30)/t13-,14+. The minimum Gasteiger partial charge on any atom is -0.490 e. The zero-order valence-electron chi connectivity index (χ0n) is 17.6. The molecule has 168 valence electrons. The van der Waals surface area contributed by atoms with Gasteiger partial charge in [0.1, 0.15) is 47.0 Å². The summed E-state index contributed by atoms with van der Waals surface area (Å²) in [6.45, 7) is 0. The van der Waals surface area contributed by atoms with Gasteiger partial charge >= 0.3 is 0 Å². The highest BCUT2D eigenvalue weighted by Gasteiger charge is 2.27. The van der Waals surface area contributed by atoms with Gasteiger partial charge in [0.05, 0.1) is 11.1 Å². The van der Waals surface area contributed by atoms with Crippen LogP contribution >= 0.6 is 0 Å². The van der Waals surface area contributed by atoms with Gasteiger partial charge in [-0.15, -0.1) is 0 Å². The molecule has 0 unspecified atom stereocenters. The van der Waals surface area contributed by atoms with E-state index in [4.69, 9.17) is 54.0 Å². The number of amidine groups is 4. The van der Waals surface area contributed by atoms with Gasteiger partial charge in [-0.3, -0.25) is 21.6 Å². The number of hydrogen-bond acceptors (Lipinski definition) is 6. The lowest BCUT2D eigenvalue weighted by Gasteiger charge is -2.31. The molecule has 12 N–H and O–H groups in total. The number of benzene rings is 2. The highest BCUT2D eigenvalue weighted by Crippen LogP contribution is 2.30. The predicted octanol–water partition coefficient (Wildman–Crippen LogP) is 1.59. The van der Waals surface area contributed by atoms with Crippen molar-refractivity contribution < 1.29 is 9.47 Å². The van der Waals surface area contributed by atoms with Crippen LogP contribution in [0.15, 0.2) is 36.4 Å². The molecule has 10 heteroatoms. The number of hydrogen-bond donors (Lipinski definition) is 8. The van der Waals surface area contributed by atoms with Crippen molar-refractivity contribution in [2.75, 3.05) is 0 Å². The highest BCUT2D eigenvalue weighted by molar-refractivity contribution is 6.03. The summed E-state index contributed by atoms with van der Waals surface area (Å²) in [4.78, 5) is 0. The van der Waals surface area contributed by atoms with E-state index in [0.29, 0.717) is 40.2 Å². The van der Waals surface area contributed by atoms with Gasteiger partial charge in [0.2, 0.25) is 0 Å². The molecule has 2 aromatic rings. The van der Waals surface area contributed by atoms with Crippen LogP contribution in [-0.4, -0.2) is 35.6 Å². The molecule has 32 heavy (non-hydrogen) atoms. The second-order valence-electron chi connectivity index (χ2n) is 7.72. The van der Waals surface area contributed by atoms with Gasteiger partial charge in [-0.1, -0.05) is 0 Å². The molecule has 1 aliphatic carbocycles. The Bertz CT molecular complexity index is 998. The second-order valence-corrected chi connectivity index (χ2v) is 7.72. The zero-order valence-corrected chi connectivity index (χ0v) is 17.6. The van der Waals surface area contributed by atoms with Crippen LogP contribution < -0.4 is 32.4 Å². The van der Waals surface area contributed by atoms with Crippen LogP contribution in [0.25, 0.3) is 0 Å². The van der Waals surface area contributed by atoms with Crippen LogP contribution in [0.1, 0.15) is 47.9 Å². The molecule has 0 saturated heterocycles. The van der Waals surface area contributed by atoms with E-state index >= 15 is 0 Å². The fourth-order valence-electron chi connectivity index (χ4n) is 3.70. The molecule has 1 saturated carbocycles. The molecule has 0 spiro atoms. The van der Waals surface area contributed by atoms with Crippen LogP contribution in [0.3, 0.4) is 0 Å². The van der Waals surface area contributed by atoms with Crippen LogP contribution in [-0.2, 0) is 0 Å². The number of nitrogen functional groups attached to an aromatic ring is 4. The van der Waals surface area contributed by atoms with E-state index in [1.54, 1.807) is 36.4 Å². The maximum absolute atomic E-state index is 7.84. The third-order valence-corrected chi connectivity index (χ3v) is 5.33. The first kappa shape index (κ1) is 22.6. The van der Waals surface area contributed by atoms with Gasteiger partial charge in [0, 0.05) is 17.5 Å². The average molecular weight is 437 g/mol. The Labute approximate surface area is 185 Å². The van der Waals surface area contributed by atoms with Gasteiger partial charge in [-0.2, -0.15) is 0 Å². The Hall–Kier alpha value is -4.08. The Morgan fingerprint density at radius 3 is 1.41 bits per heavy atom. The SMILES string of the molecule is N=C(N)c1ccc(O[C@@H]2CCC[C@H](Oc3ccc(C(=N)N)cc3C(=N)N)C2)c(C(=N)N)c1. The highest BCUT2D eigenvalue weighted by atomic mass is 16.5. The molecule has 1 fully saturated rings. The minimum atomic E-state index is -0.164. The largest absolute Gasteiger partial charge is 0.490 e. The predicted molar refractivity (Wildman–Crippen MR) is 124 cm³/mol. The molecule has 0 heterocycles. The maximum atomic E-state index is 7.84. The van der Waals surface area contributed by atoms with Crippen LogP contribution in [0.4, 0.5) is 0 Å². The molecule has 0 radical (unpaired) electrons. The smallest absolute Gasteiger partial charge is 0.130 e. The van der Waals surface area contributed by atoms with E-state index in [0.717, 1.165) is 19.3 Å². The normalized spacial score (nSPS) is 17.9. The molecule has 3 rings (SSSR count). The van der Waals surface area contributed by atoms with Gasteiger partial charge in [-0.05, 0) is 55.7 Å². The fraction of sp³-hybridized carbons (Fsp3) is 0.273. The first-order chi connectivity index (χ1) is 15.2. The van der Waals surface area contributed by atoms with Gasteiger partial charge in [0.15, 0.2) is 0 Å². The summed E-state index contributed by atoms with van der Waals surface area (Å²) in [5.74, 6) is 0.378. The molecule has 10 nitrogen and oxygen atoms in total. The van der Waals surface area contributed by atoms with Crippen molar-refractivity contribution in [3.05, 3.63) is 58.7 Å². The average Bonchev–Trinajstić information content (AvgIpc) is 2.74. The van der Waals surface area contributed by atoms with Crippen LogP contribution in [0.5, 0.6) is 11.5 Å². The van der Waals surface area contributed by atoms with E-state index in [2.05, 4.69) is 0 Å². The van der Waals surface area contributed by atoms with Crippen molar-refractivity contribution in [1.29, 1.82) is 21.6 Å². The lowest BCUT2D eigenvalue weighted by Crippen LogP contribution is -2.33. The summed E-state index contributed by atoms with van der Waals surface area (Å²) in [7, 11) is 0. The summed E-state index contributed by atoms with van der Waals surface area (Å²) >= 11 is 0. The molecule has 0 bridgehead atoms. The Morgan fingerprint density at radius 2 is 1.06 bits per heavy atom. The van der Waals surface area contributed by atoms with Crippen molar-refractivity contribution in [2.24, 2.45) is 22.9 Å². The Morgan fingerprint density at radius 1 is 0.656 bits per heavy atom. The third-order valence-electron chi connectivity index (χ3n) is 5.33. The van der Waals surface area contributed by atoms with E-state index in [1.165, 1.54) is 0 Å². The Kier molecular flexibility index (Phi) is 6.62. The lowest BCUT2D eigenvalue weighted by molar-refractivity contribution is 0.0678. The quantitative estimate of drug-likeness (QED) is 0.227. The van der Waals surface area contributed by atoms with Crippen molar-refractivity contribution in [2.45, 2.75) is 37.9 Å². The molecular formula is C22H28N8O2. The molecule has 2 aromatic carbocycles. The maximum Gasteiger partial charge on any atom is 0.130 e. The lowest BCUT2D eigenvalue weighted by atomic mass is 9.94. The van der Waals surface area contributed by atoms with Crippen molar-refractivity contribution >= 4 is 23.3 Å². The van der Waals surface area contributed by atoms with Gasteiger partial charge in [0.25, 0.3) is 0 Å². The Balaban J connectivity index is 1.76. The van der Waals surface area contributed by atoms with E-state index < -0.39 is 0 Å². The van der Waals surface area contributed by atoms with Crippen molar-refractivity contribution in [1.82, 2.24) is 0 Å². The molecule has 1 aliphatic rings. The van der Waals surface area contributed by atoms with E-state index in [1.807, 2.05) is 0 Å². The van der Waals surface area contributed by atoms with E-state index in [-0.39, 0.29) is 35.6 Å². The zero-order chi connectivity index (χ0) is 23.4.